The predicted molar refractivity (Wildman–Crippen MR) is 101 cm³/mol. The van der Waals surface area contributed by atoms with Crippen LogP contribution in [-0.2, 0) is 11.0 Å². The summed E-state index contributed by atoms with van der Waals surface area (Å²) in [5, 5.41) is 5.40. The fraction of sp³-hybridized carbons (Fsp3) is 0.300. The fourth-order valence-electron chi connectivity index (χ4n) is 2.69. The zero-order valence-electron chi connectivity index (χ0n) is 15.1. The third kappa shape index (κ3) is 5.99. The molecule has 28 heavy (non-hydrogen) atoms. The number of nitrogens with one attached hydrogen (secondary N) is 2. The molecule has 0 aromatic heterocycles. The van der Waals surface area contributed by atoms with Crippen LogP contribution in [0.2, 0.25) is 5.02 Å². The number of amides is 2. The number of hydrogen-bond acceptors (Lipinski definition) is 2. The average molecular weight is 413 g/mol. The Labute approximate surface area is 166 Å². The molecule has 0 fully saturated rings. The Bertz CT molecular complexity index is 840. The summed E-state index contributed by atoms with van der Waals surface area (Å²) in [5.41, 5.74) is -0.171. The largest absolute Gasteiger partial charge is 0.416 e. The molecule has 8 heteroatoms. The lowest BCUT2D eigenvalue weighted by atomic mass is 10.00. The Hall–Kier alpha value is -2.54. The summed E-state index contributed by atoms with van der Waals surface area (Å²) in [4.78, 5) is 24.3. The molecule has 0 aliphatic rings. The lowest BCUT2D eigenvalue weighted by Crippen LogP contribution is -2.38. The molecule has 2 aromatic carbocycles. The first-order valence-electron chi connectivity index (χ1n) is 8.71. The third-order valence-electron chi connectivity index (χ3n) is 4.06. The minimum atomic E-state index is -4.46. The van der Waals surface area contributed by atoms with Gasteiger partial charge in [0.15, 0.2) is 0 Å². The molecule has 2 rings (SSSR count). The molecule has 2 amide bonds. The SMILES string of the molecule is CCC[C@H](NC(=O)CNC(=O)c1ccccc1Cl)c1cccc(C(F)(F)F)c1. The van der Waals surface area contributed by atoms with Crippen molar-refractivity contribution in [1.29, 1.82) is 0 Å². The molecule has 4 nitrogen and oxygen atoms in total. The van der Waals surface area contributed by atoms with Gasteiger partial charge >= 0.3 is 6.18 Å². The van der Waals surface area contributed by atoms with Gasteiger partial charge in [0.2, 0.25) is 5.91 Å². The molecule has 0 unspecified atom stereocenters. The van der Waals surface area contributed by atoms with E-state index in [1.807, 2.05) is 6.92 Å². The van der Waals surface area contributed by atoms with Gasteiger partial charge in [-0.1, -0.05) is 49.2 Å². The van der Waals surface area contributed by atoms with Crippen LogP contribution in [0.15, 0.2) is 48.5 Å². The number of halogens is 4. The van der Waals surface area contributed by atoms with Crippen molar-refractivity contribution in [3.05, 3.63) is 70.2 Å². The van der Waals surface area contributed by atoms with Gasteiger partial charge in [-0.2, -0.15) is 13.2 Å². The van der Waals surface area contributed by atoms with Crippen molar-refractivity contribution < 1.29 is 22.8 Å². The molecule has 0 aliphatic heterocycles. The molecular weight excluding hydrogens is 393 g/mol. The first-order valence-corrected chi connectivity index (χ1v) is 9.09. The summed E-state index contributed by atoms with van der Waals surface area (Å²) in [6, 6.07) is 10.7. The van der Waals surface area contributed by atoms with E-state index >= 15 is 0 Å². The number of carbonyl (C=O) groups excluding carboxylic acids is 2. The topological polar surface area (TPSA) is 58.2 Å². The number of benzene rings is 2. The maximum atomic E-state index is 12.9. The van der Waals surface area contributed by atoms with Crippen molar-refractivity contribution in [3.63, 3.8) is 0 Å². The van der Waals surface area contributed by atoms with E-state index in [2.05, 4.69) is 10.6 Å². The van der Waals surface area contributed by atoms with Gasteiger partial charge in [-0.15, -0.1) is 0 Å². The molecule has 2 aromatic rings. The van der Waals surface area contributed by atoms with E-state index in [9.17, 15) is 22.8 Å². The fourth-order valence-corrected chi connectivity index (χ4v) is 2.91. The third-order valence-corrected chi connectivity index (χ3v) is 4.39. The number of rotatable bonds is 7. The van der Waals surface area contributed by atoms with Crippen LogP contribution in [0.1, 0.15) is 47.3 Å². The predicted octanol–water partition coefficient (Wildman–Crippen LogP) is 4.75. The van der Waals surface area contributed by atoms with Gasteiger partial charge < -0.3 is 10.6 Å². The molecule has 0 bridgehead atoms. The van der Waals surface area contributed by atoms with Gasteiger partial charge in [0.05, 0.1) is 28.7 Å². The molecule has 0 saturated carbocycles. The Kier molecular flexibility index (Phi) is 7.45. The van der Waals surface area contributed by atoms with E-state index in [1.54, 1.807) is 18.2 Å². The second-order valence-corrected chi connectivity index (χ2v) is 6.60. The highest BCUT2D eigenvalue weighted by Crippen LogP contribution is 2.31. The molecular formula is C20H20ClF3N2O2. The molecule has 1 atom stereocenters. The maximum Gasteiger partial charge on any atom is 0.416 e. The number of alkyl halides is 3. The average Bonchev–Trinajstić information content (AvgIpc) is 2.65. The first-order chi connectivity index (χ1) is 13.2. The van der Waals surface area contributed by atoms with Gasteiger partial charge in [0, 0.05) is 0 Å². The van der Waals surface area contributed by atoms with Gasteiger partial charge in [-0.3, -0.25) is 9.59 Å². The summed E-state index contributed by atoms with van der Waals surface area (Å²) in [6.07, 6.45) is -3.33. The van der Waals surface area contributed by atoms with Crippen LogP contribution in [0.25, 0.3) is 0 Å². The standard InChI is InChI=1S/C20H20ClF3N2O2/c1-2-6-17(13-7-5-8-14(11-13)20(22,23)24)26-18(27)12-25-19(28)15-9-3-4-10-16(15)21/h3-5,7-11,17H,2,6,12H2,1H3,(H,25,28)(H,26,27)/t17-/m0/s1. The summed E-state index contributed by atoms with van der Waals surface area (Å²) in [7, 11) is 0. The Balaban J connectivity index is 2.03. The molecule has 2 N–H and O–H groups in total. The maximum absolute atomic E-state index is 12.9. The first kappa shape index (κ1) is 21.8. The molecule has 0 spiro atoms. The van der Waals surface area contributed by atoms with E-state index in [0.717, 1.165) is 12.1 Å². The molecule has 0 saturated heterocycles. The summed E-state index contributed by atoms with van der Waals surface area (Å²) >= 11 is 5.94. The summed E-state index contributed by atoms with van der Waals surface area (Å²) in [5.74, 6) is -1.01. The van der Waals surface area contributed by atoms with Crippen molar-refractivity contribution in [2.45, 2.75) is 32.0 Å². The zero-order chi connectivity index (χ0) is 20.7. The van der Waals surface area contributed by atoms with Crippen LogP contribution < -0.4 is 10.6 Å². The van der Waals surface area contributed by atoms with Gasteiger partial charge in [0.25, 0.3) is 5.91 Å². The van der Waals surface area contributed by atoms with E-state index in [0.29, 0.717) is 18.4 Å². The van der Waals surface area contributed by atoms with Crippen molar-refractivity contribution >= 4 is 23.4 Å². The smallest absolute Gasteiger partial charge is 0.348 e. The summed E-state index contributed by atoms with van der Waals surface area (Å²) in [6.45, 7) is 1.55. The zero-order valence-corrected chi connectivity index (χ0v) is 15.9. The highest BCUT2D eigenvalue weighted by atomic mass is 35.5. The Morgan fingerprint density at radius 2 is 1.82 bits per heavy atom. The van der Waals surface area contributed by atoms with E-state index < -0.39 is 29.6 Å². The molecule has 0 radical (unpaired) electrons. The van der Waals surface area contributed by atoms with Gasteiger partial charge in [-0.25, -0.2) is 0 Å². The second-order valence-electron chi connectivity index (χ2n) is 6.19. The van der Waals surface area contributed by atoms with Gasteiger partial charge in [0.1, 0.15) is 0 Å². The minimum Gasteiger partial charge on any atom is -0.348 e. The lowest BCUT2D eigenvalue weighted by molar-refractivity contribution is -0.137. The van der Waals surface area contributed by atoms with Crippen molar-refractivity contribution in [2.24, 2.45) is 0 Å². The van der Waals surface area contributed by atoms with E-state index in [4.69, 9.17) is 11.6 Å². The Morgan fingerprint density at radius 1 is 1.11 bits per heavy atom. The van der Waals surface area contributed by atoms with E-state index in [-0.39, 0.29) is 17.1 Å². The van der Waals surface area contributed by atoms with Crippen LogP contribution in [-0.4, -0.2) is 18.4 Å². The Morgan fingerprint density at radius 3 is 2.46 bits per heavy atom. The van der Waals surface area contributed by atoms with Crippen molar-refractivity contribution in [3.8, 4) is 0 Å². The van der Waals surface area contributed by atoms with Gasteiger partial charge in [-0.05, 0) is 36.2 Å². The van der Waals surface area contributed by atoms with E-state index in [1.165, 1.54) is 18.2 Å². The normalized spacial score (nSPS) is 12.3. The summed E-state index contributed by atoms with van der Waals surface area (Å²) < 4.78 is 38.8. The monoisotopic (exact) mass is 412 g/mol. The quantitative estimate of drug-likeness (QED) is 0.689. The van der Waals surface area contributed by atoms with Crippen LogP contribution in [0.5, 0.6) is 0 Å². The van der Waals surface area contributed by atoms with Crippen LogP contribution in [0.3, 0.4) is 0 Å². The molecule has 0 aliphatic carbocycles. The number of hydrogen-bond donors (Lipinski definition) is 2. The minimum absolute atomic E-state index is 0.236. The van der Waals surface area contributed by atoms with Crippen LogP contribution in [0, 0.1) is 0 Å². The second kappa shape index (κ2) is 9.59. The van der Waals surface area contributed by atoms with Crippen LogP contribution in [0.4, 0.5) is 13.2 Å². The number of carbonyl (C=O) groups is 2. The lowest BCUT2D eigenvalue weighted by Gasteiger charge is -2.20. The van der Waals surface area contributed by atoms with Crippen molar-refractivity contribution in [2.75, 3.05) is 6.54 Å². The molecule has 0 heterocycles. The van der Waals surface area contributed by atoms with Crippen molar-refractivity contribution in [1.82, 2.24) is 10.6 Å². The molecule has 150 valence electrons. The highest BCUT2D eigenvalue weighted by molar-refractivity contribution is 6.33. The van der Waals surface area contributed by atoms with Crippen LogP contribution >= 0.6 is 11.6 Å². The highest BCUT2D eigenvalue weighted by Gasteiger charge is 2.31.